The molecule has 2 atom stereocenters. The number of phenolic OH excluding ortho intramolecular Hbond substituents is 1. The number of rotatable bonds is 3. The van der Waals surface area contributed by atoms with Crippen LogP contribution in [0.15, 0.2) is 12.1 Å². The summed E-state index contributed by atoms with van der Waals surface area (Å²) in [5.41, 5.74) is 3.00. The largest absolute Gasteiger partial charge is 0.503 e. The third-order valence-corrected chi connectivity index (χ3v) is 7.43. The van der Waals surface area contributed by atoms with Crippen LogP contribution in [0.3, 0.4) is 0 Å². The number of halogens is 1. The Morgan fingerprint density at radius 1 is 1.31 bits per heavy atom. The van der Waals surface area contributed by atoms with Crippen LogP contribution in [0.1, 0.15) is 66.6 Å². The first-order valence-electron chi connectivity index (χ1n) is 10.1. The zero-order valence-electron chi connectivity index (χ0n) is 17.2. The van der Waals surface area contributed by atoms with Crippen LogP contribution >= 0.6 is 22.9 Å². The highest BCUT2D eigenvalue weighted by molar-refractivity contribution is 7.16. The third kappa shape index (κ3) is 3.68. The number of carbonyl (C=O) groups is 1. The zero-order valence-corrected chi connectivity index (χ0v) is 18.8. The number of ether oxygens (including phenoxy) is 1. The molecule has 29 heavy (non-hydrogen) atoms. The lowest BCUT2D eigenvalue weighted by Gasteiger charge is -2.34. The molecule has 0 radical (unpaired) electrons. The average Bonchev–Trinajstić information content (AvgIpc) is 3.02. The monoisotopic (exact) mass is 434 g/mol. The first-order chi connectivity index (χ1) is 13.7. The fourth-order valence-electron chi connectivity index (χ4n) is 4.23. The zero-order chi connectivity index (χ0) is 20.9. The van der Waals surface area contributed by atoms with E-state index in [4.69, 9.17) is 16.3 Å². The molecule has 0 fully saturated rings. The molecule has 3 N–H and O–H groups in total. The van der Waals surface area contributed by atoms with E-state index in [0.717, 1.165) is 35.4 Å². The van der Waals surface area contributed by atoms with E-state index < -0.39 is 6.17 Å². The van der Waals surface area contributed by atoms with Crippen LogP contribution in [0.25, 0.3) is 0 Å². The van der Waals surface area contributed by atoms with Crippen molar-refractivity contribution >= 4 is 33.8 Å². The molecule has 1 aliphatic carbocycles. The van der Waals surface area contributed by atoms with Crippen molar-refractivity contribution in [3.63, 3.8) is 0 Å². The number of phenols is 1. The second-order valence-electron chi connectivity index (χ2n) is 8.85. The average molecular weight is 435 g/mol. The van der Waals surface area contributed by atoms with E-state index in [1.165, 1.54) is 10.4 Å². The normalized spacial score (nSPS) is 21.1. The number of benzene rings is 1. The van der Waals surface area contributed by atoms with Gasteiger partial charge in [0.25, 0.3) is 5.91 Å². The molecular formula is C22H27ClN2O3S. The van der Waals surface area contributed by atoms with Crippen molar-refractivity contribution in [2.24, 2.45) is 11.3 Å². The summed E-state index contributed by atoms with van der Waals surface area (Å²) in [5.74, 6) is 0.798. The molecule has 1 aromatic heterocycles. The van der Waals surface area contributed by atoms with Gasteiger partial charge in [-0.05, 0) is 60.8 Å². The maximum Gasteiger partial charge on any atom is 0.256 e. The van der Waals surface area contributed by atoms with Crippen molar-refractivity contribution in [2.75, 3.05) is 11.9 Å². The molecule has 2 aliphatic rings. The van der Waals surface area contributed by atoms with Gasteiger partial charge < -0.3 is 20.5 Å². The lowest BCUT2D eigenvalue weighted by Crippen LogP contribution is -2.38. The van der Waals surface area contributed by atoms with Gasteiger partial charge in [0.05, 0.1) is 17.2 Å². The van der Waals surface area contributed by atoms with Crippen molar-refractivity contribution in [1.82, 2.24) is 5.32 Å². The Hall–Kier alpha value is -1.92. The maximum atomic E-state index is 13.0. The Morgan fingerprint density at radius 2 is 2.07 bits per heavy atom. The van der Waals surface area contributed by atoms with Gasteiger partial charge in [-0.2, -0.15) is 0 Å². The summed E-state index contributed by atoms with van der Waals surface area (Å²) in [5, 5.41) is 17.7. The summed E-state index contributed by atoms with van der Waals surface area (Å²) in [6.07, 6.45) is 2.66. The Kier molecular flexibility index (Phi) is 5.20. The number of amides is 1. The van der Waals surface area contributed by atoms with Crippen LogP contribution in [-0.2, 0) is 12.8 Å². The minimum Gasteiger partial charge on any atom is -0.503 e. The molecule has 0 saturated carbocycles. The highest BCUT2D eigenvalue weighted by atomic mass is 35.5. The summed E-state index contributed by atoms with van der Waals surface area (Å²) >= 11 is 7.88. The number of carbonyl (C=O) groups excluding carboxylic acids is 1. The molecule has 1 aromatic carbocycles. The molecule has 0 bridgehead atoms. The standard InChI is InChI=1S/C22H27ClN2O3S/c1-5-28-15-9-11(8-14(23)18(15)26)19-24-20(27)17-13-7-6-12(22(2,3)4)10-16(13)29-21(17)25-19/h8-9,12,19,25-26H,5-7,10H2,1-4H3,(H,24,27)/t12-,19+/m1/s1. The number of aromatic hydroxyl groups is 1. The van der Waals surface area contributed by atoms with Gasteiger partial charge in [0, 0.05) is 4.88 Å². The Morgan fingerprint density at radius 3 is 2.76 bits per heavy atom. The summed E-state index contributed by atoms with van der Waals surface area (Å²) in [6.45, 7) is 9.13. The highest BCUT2D eigenvalue weighted by Gasteiger charge is 2.36. The SMILES string of the molecule is CCOc1cc([C@H]2NC(=O)c3c(sc4c3CC[C@@H](C(C)(C)C)C4)N2)cc(Cl)c1O. The van der Waals surface area contributed by atoms with Crippen LogP contribution in [0.5, 0.6) is 11.5 Å². The van der Waals surface area contributed by atoms with Gasteiger partial charge in [0.1, 0.15) is 11.2 Å². The quantitative estimate of drug-likeness (QED) is 0.595. The topological polar surface area (TPSA) is 70.6 Å². The van der Waals surface area contributed by atoms with Crippen molar-refractivity contribution in [3.05, 3.63) is 38.7 Å². The lowest BCUT2D eigenvalue weighted by molar-refractivity contribution is 0.0934. The Labute approximate surface area is 180 Å². The first kappa shape index (κ1) is 20.4. The molecular weight excluding hydrogens is 408 g/mol. The second-order valence-corrected chi connectivity index (χ2v) is 10.4. The summed E-state index contributed by atoms with van der Waals surface area (Å²) in [6, 6.07) is 3.38. The highest BCUT2D eigenvalue weighted by Crippen LogP contribution is 2.46. The van der Waals surface area contributed by atoms with Crippen LogP contribution in [0.4, 0.5) is 5.00 Å². The second kappa shape index (κ2) is 7.40. The molecule has 2 heterocycles. The van der Waals surface area contributed by atoms with Gasteiger partial charge in [-0.1, -0.05) is 32.4 Å². The predicted octanol–water partition coefficient (Wildman–Crippen LogP) is 5.51. The molecule has 7 heteroatoms. The van der Waals surface area contributed by atoms with E-state index in [9.17, 15) is 9.90 Å². The van der Waals surface area contributed by atoms with Gasteiger partial charge in [0.15, 0.2) is 11.5 Å². The smallest absolute Gasteiger partial charge is 0.256 e. The van der Waals surface area contributed by atoms with Crippen molar-refractivity contribution in [3.8, 4) is 11.5 Å². The van der Waals surface area contributed by atoms with Crippen molar-refractivity contribution in [2.45, 2.75) is 53.1 Å². The molecule has 156 valence electrons. The Balaban J connectivity index is 1.65. The van der Waals surface area contributed by atoms with E-state index in [0.29, 0.717) is 18.3 Å². The minimum atomic E-state index is -0.425. The van der Waals surface area contributed by atoms with Gasteiger partial charge >= 0.3 is 0 Å². The van der Waals surface area contributed by atoms with Crippen molar-refractivity contribution in [1.29, 1.82) is 0 Å². The van der Waals surface area contributed by atoms with E-state index >= 15 is 0 Å². The van der Waals surface area contributed by atoms with Gasteiger partial charge in [-0.3, -0.25) is 4.79 Å². The van der Waals surface area contributed by atoms with E-state index in [1.807, 2.05) is 6.92 Å². The third-order valence-electron chi connectivity index (χ3n) is 5.95. The summed E-state index contributed by atoms with van der Waals surface area (Å²) < 4.78 is 5.48. The minimum absolute atomic E-state index is 0.0578. The van der Waals surface area contributed by atoms with E-state index in [1.54, 1.807) is 23.5 Å². The fraction of sp³-hybridized carbons (Fsp3) is 0.500. The summed E-state index contributed by atoms with van der Waals surface area (Å²) in [4.78, 5) is 14.3. The molecule has 0 unspecified atom stereocenters. The number of thiophene rings is 1. The number of nitrogens with one attached hydrogen (secondary N) is 2. The summed E-state index contributed by atoms with van der Waals surface area (Å²) in [7, 11) is 0. The van der Waals surface area contributed by atoms with Crippen LogP contribution in [-0.4, -0.2) is 17.6 Å². The number of hydrogen-bond donors (Lipinski definition) is 3. The lowest BCUT2D eigenvalue weighted by atomic mass is 9.72. The maximum absolute atomic E-state index is 13.0. The molecule has 2 aromatic rings. The predicted molar refractivity (Wildman–Crippen MR) is 117 cm³/mol. The van der Waals surface area contributed by atoms with E-state index in [2.05, 4.69) is 31.4 Å². The van der Waals surface area contributed by atoms with Gasteiger partial charge in [-0.15, -0.1) is 11.3 Å². The molecule has 5 nitrogen and oxygen atoms in total. The molecule has 1 amide bonds. The van der Waals surface area contributed by atoms with E-state index in [-0.39, 0.29) is 22.1 Å². The number of hydrogen-bond acceptors (Lipinski definition) is 5. The van der Waals surface area contributed by atoms with Gasteiger partial charge in [0.2, 0.25) is 0 Å². The Bertz CT molecular complexity index is 964. The van der Waals surface area contributed by atoms with Crippen molar-refractivity contribution < 1.29 is 14.6 Å². The first-order valence-corrected chi connectivity index (χ1v) is 11.3. The molecule has 1 aliphatic heterocycles. The fourth-order valence-corrected chi connectivity index (χ4v) is 5.80. The molecule has 4 rings (SSSR count). The molecule has 0 saturated heterocycles. The van der Waals surface area contributed by atoms with Crippen LogP contribution in [0, 0.1) is 11.3 Å². The van der Waals surface area contributed by atoms with Gasteiger partial charge in [-0.25, -0.2) is 0 Å². The number of anilines is 1. The molecule has 0 spiro atoms. The van der Waals surface area contributed by atoms with Crippen LogP contribution < -0.4 is 15.4 Å². The number of fused-ring (bicyclic) bond motifs is 3. The van der Waals surface area contributed by atoms with Crippen LogP contribution in [0.2, 0.25) is 5.02 Å².